The van der Waals surface area contributed by atoms with Crippen molar-refractivity contribution in [1.29, 1.82) is 0 Å². The van der Waals surface area contributed by atoms with E-state index in [0.29, 0.717) is 11.5 Å². The van der Waals surface area contributed by atoms with Gasteiger partial charge >= 0.3 is 0 Å². The molecule has 1 atom stereocenters. The zero-order chi connectivity index (χ0) is 14.2. The molecule has 1 aliphatic heterocycles. The van der Waals surface area contributed by atoms with Gasteiger partial charge in [0.2, 0.25) is 0 Å². The van der Waals surface area contributed by atoms with Crippen LogP contribution >= 0.6 is 0 Å². The fraction of sp³-hybridized carbons (Fsp3) is 0.667. The summed E-state index contributed by atoms with van der Waals surface area (Å²) in [6.07, 6.45) is 6.69. The highest BCUT2D eigenvalue weighted by molar-refractivity contribution is 5.61. The summed E-state index contributed by atoms with van der Waals surface area (Å²) >= 11 is 0. The molecule has 0 radical (unpaired) electrons. The quantitative estimate of drug-likeness (QED) is 0.866. The standard InChI is InChI=1S/C18H28N2/c1-14-13-15(20-11-4-5-12-20)8-9-16(14)19-17-7-6-10-18(17,2)3/h8-9,13,17,19H,4-7,10-12H2,1-3H3. The third-order valence-corrected chi connectivity index (χ3v) is 5.27. The lowest BCUT2D eigenvalue weighted by Gasteiger charge is -2.30. The maximum Gasteiger partial charge on any atom is 0.0373 e. The van der Waals surface area contributed by atoms with Crippen LogP contribution in [-0.4, -0.2) is 19.1 Å². The highest BCUT2D eigenvalue weighted by atomic mass is 15.1. The minimum absolute atomic E-state index is 0.431. The van der Waals surface area contributed by atoms with Crippen molar-refractivity contribution >= 4 is 11.4 Å². The van der Waals surface area contributed by atoms with Gasteiger partial charge in [0.05, 0.1) is 0 Å². The van der Waals surface area contributed by atoms with E-state index in [4.69, 9.17) is 0 Å². The van der Waals surface area contributed by atoms with Crippen molar-refractivity contribution in [3.8, 4) is 0 Å². The first-order valence-corrected chi connectivity index (χ1v) is 8.18. The van der Waals surface area contributed by atoms with E-state index in [1.807, 2.05) is 0 Å². The zero-order valence-corrected chi connectivity index (χ0v) is 13.2. The molecular formula is C18H28N2. The van der Waals surface area contributed by atoms with Gasteiger partial charge in [0, 0.05) is 30.5 Å². The van der Waals surface area contributed by atoms with Gasteiger partial charge in [0.15, 0.2) is 0 Å². The Labute approximate surface area is 123 Å². The lowest BCUT2D eigenvalue weighted by atomic mass is 9.87. The first-order valence-electron chi connectivity index (χ1n) is 8.18. The van der Waals surface area contributed by atoms with Crippen molar-refractivity contribution in [3.63, 3.8) is 0 Å². The average molecular weight is 272 g/mol. The van der Waals surface area contributed by atoms with Gasteiger partial charge in [-0.25, -0.2) is 0 Å². The van der Waals surface area contributed by atoms with Crippen LogP contribution in [0.4, 0.5) is 11.4 Å². The Hall–Kier alpha value is -1.18. The van der Waals surface area contributed by atoms with Crippen LogP contribution < -0.4 is 10.2 Å². The summed E-state index contributed by atoms with van der Waals surface area (Å²) in [7, 11) is 0. The summed E-state index contributed by atoms with van der Waals surface area (Å²) in [6, 6.07) is 7.56. The Morgan fingerprint density at radius 1 is 1.15 bits per heavy atom. The normalized spacial score (nSPS) is 25.1. The van der Waals surface area contributed by atoms with E-state index in [9.17, 15) is 0 Å². The van der Waals surface area contributed by atoms with Crippen LogP contribution in [0.3, 0.4) is 0 Å². The molecule has 0 amide bonds. The average Bonchev–Trinajstić information content (AvgIpc) is 3.02. The molecule has 1 aromatic carbocycles. The van der Waals surface area contributed by atoms with Crippen molar-refractivity contribution in [2.75, 3.05) is 23.3 Å². The summed E-state index contributed by atoms with van der Waals surface area (Å²) in [5.41, 5.74) is 4.54. The number of aryl methyl sites for hydroxylation is 1. The zero-order valence-electron chi connectivity index (χ0n) is 13.2. The Bertz CT molecular complexity index is 472. The maximum absolute atomic E-state index is 3.80. The molecule has 1 saturated carbocycles. The molecule has 1 heterocycles. The van der Waals surface area contributed by atoms with Crippen LogP contribution in [0, 0.1) is 12.3 Å². The third-order valence-electron chi connectivity index (χ3n) is 5.27. The molecule has 2 nitrogen and oxygen atoms in total. The van der Waals surface area contributed by atoms with Gasteiger partial charge in [0.25, 0.3) is 0 Å². The molecule has 2 aliphatic rings. The molecule has 3 rings (SSSR count). The molecule has 1 aliphatic carbocycles. The number of benzene rings is 1. The second kappa shape index (κ2) is 5.31. The van der Waals surface area contributed by atoms with Crippen LogP contribution in [0.15, 0.2) is 18.2 Å². The SMILES string of the molecule is Cc1cc(N2CCCC2)ccc1NC1CCCC1(C)C. The second-order valence-electron chi connectivity index (χ2n) is 7.27. The summed E-state index contributed by atoms with van der Waals surface area (Å²) in [5.74, 6) is 0. The fourth-order valence-electron chi connectivity index (χ4n) is 3.76. The number of hydrogen-bond acceptors (Lipinski definition) is 2. The Kier molecular flexibility index (Phi) is 3.66. The molecule has 20 heavy (non-hydrogen) atoms. The number of anilines is 2. The van der Waals surface area contributed by atoms with Gasteiger partial charge in [-0.05, 0) is 61.8 Å². The number of nitrogens with zero attached hydrogens (tertiary/aromatic N) is 1. The van der Waals surface area contributed by atoms with Crippen LogP contribution in [0.1, 0.15) is 51.5 Å². The van der Waals surface area contributed by atoms with Gasteiger partial charge in [-0.2, -0.15) is 0 Å². The van der Waals surface area contributed by atoms with E-state index in [1.54, 1.807) is 0 Å². The minimum atomic E-state index is 0.431. The molecule has 2 heteroatoms. The van der Waals surface area contributed by atoms with E-state index in [1.165, 1.54) is 62.1 Å². The maximum atomic E-state index is 3.80. The van der Waals surface area contributed by atoms with Crippen LogP contribution in [0.2, 0.25) is 0 Å². The molecular weight excluding hydrogens is 244 g/mol. The Morgan fingerprint density at radius 3 is 2.50 bits per heavy atom. The predicted octanol–water partition coefficient (Wildman–Crippen LogP) is 4.59. The Morgan fingerprint density at radius 2 is 1.90 bits per heavy atom. The van der Waals surface area contributed by atoms with E-state index in [2.05, 4.69) is 49.2 Å². The predicted molar refractivity (Wildman–Crippen MR) is 87.7 cm³/mol. The van der Waals surface area contributed by atoms with Gasteiger partial charge < -0.3 is 10.2 Å². The van der Waals surface area contributed by atoms with Crippen molar-refractivity contribution < 1.29 is 0 Å². The van der Waals surface area contributed by atoms with Crippen LogP contribution in [-0.2, 0) is 0 Å². The summed E-state index contributed by atoms with van der Waals surface area (Å²) in [5, 5.41) is 3.80. The van der Waals surface area contributed by atoms with Crippen molar-refractivity contribution in [2.45, 2.75) is 58.9 Å². The smallest absolute Gasteiger partial charge is 0.0373 e. The summed E-state index contributed by atoms with van der Waals surface area (Å²) in [4.78, 5) is 2.51. The molecule has 110 valence electrons. The monoisotopic (exact) mass is 272 g/mol. The van der Waals surface area contributed by atoms with E-state index >= 15 is 0 Å². The topological polar surface area (TPSA) is 15.3 Å². The van der Waals surface area contributed by atoms with Gasteiger partial charge in [-0.1, -0.05) is 20.3 Å². The number of hydrogen-bond donors (Lipinski definition) is 1. The summed E-state index contributed by atoms with van der Waals surface area (Å²) in [6.45, 7) is 9.48. The van der Waals surface area contributed by atoms with E-state index in [0.717, 1.165) is 0 Å². The Balaban J connectivity index is 1.74. The van der Waals surface area contributed by atoms with Gasteiger partial charge in [0.1, 0.15) is 0 Å². The third kappa shape index (κ3) is 2.65. The molecule has 0 spiro atoms. The van der Waals surface area contributed by atoms with Crippen LogP contribution in [0.25, 0.3) is 0 Å². The van der Waals surface area contributed by atoms with E-state index in [-0.39, 0.29) is 0 Å². The number of nitrogens with one attached hydrogen (secondary N) is 1. The molecule has 1 aromatic rings. The molecule has 1 unspecified atom stereocenters. The van der Waals surface area contributed by atoms with Crippen molar-refractivity contribution in [1.82, 2.24) is 0 Å². The molecule has 1 saturated heterocycles. The summed E-state index contributed by atoms with van der Waals surface area (Å²) < 4.78 is 0. The molecule has 1 N–H and O–H groups in total. The van der Waals surface area contributed by atoms with Crippen molar-refractivity contribution in [2.24, 2.45) is 5.41 Å². The van der Waals surface area contributed by atoms with Gasteiger partial charge in [-0.15, -0.1) is 0 Å². The molecule has 2 fully saturated rings. The molecule has 0 aromatic heterocycles. The fourth-order valence-corrected chi connectivity index (χ4v) is 3.76. The molecule has 0 bridgehead atoms. The first-order chi connectivity index (χ1) is 9.56. The second-order valence-corrected chi connectivity index (χ2v) is 7.27. The highest BCUT2D eigenvalue weighted by Crippen LogP contribution is 2.39. The number of rotatable bonds is 3. The lowest BCUT2D eigenvalue weighted by Crippen LogP contribution is -2.31. The van der Waals surface area contributed by atoms with Crippen LogP contribution in [0.5, 0.6) is 0 Å². The highest BCUT2D eigenvalue weighted by Gasteiger charge is 2.34. The lowest BCUT2D eigenvalue weighted by molar-refractivity contribution is 0.350. The first kappa shape index (κ1) is 13.8. The van der Waals surface area contributed by atoms with E-state index < -0.39 is 0 Å². The van der Waals surface area contributed by atoms with Crippen molar-refractivity contribution in [3.05, 3.63) is 23.8 Å². The largest absolute Gasteiger partial charge is 0.382 e. The van der Waals surface area contributed by atoms with Gasteiger partial charge in [-0.3, -0.25) is 0 Å². The minimum Gasteiger partial charge on any atom is -0.382 e.